The zero-order valence-electron chi connectivity index (χ0n) is 16.7. The van der Waals surface area contributed by atoms with Crippen LogP contribution < -0.4 is 10.1 Å². The van der Waals surface area contributed by atoms with Crippen LogP contribution in [0.3, 0.4) is 0 Å². The summed E-state index contributed by atoms with van der Waals surface area (Å²) in [5.74, 6) is 1.71. The van der Waals surface area contributed by atoms with Gasteiger partial charge >= 0.3 is 0 Å². The zero-order valence-corrected chi connectivity index (χ0v) is 17.5. The van der Waals surface area contributed by atoms with Gasteiger partial charge in [-0.2, -0.15) is 0 Å². The molecule has 1 atom stereocenters. The molecular formula is C22H28N2O3S. The third-order valence-electron chi connectivity index (χ3n) is 4.55. The number of likely N-dealkylation sites (N-methyl/N-ethyl adjacent to an activating group) is 1. The number of nitrogens with one attached hydrogen (secondary N) is 1. The van der Waals surface area contributed by atoms with Gasteiger partial charge in [0.15, 0.2) is 0 Å². The van der Waals surface area contributed by atoms with E-state index in [1.54, 1.807) is 37.7 Å². The molecule has 0 aliphatic rings. The number of hydrogen-bond acceptors (Lipinski definition) is 4. The van der Waals surface area contributed by atoms with Crippen molar-refractivity contribution in [2.75, 3.05) is 26.5 Å². The lowest BCUT2D eigenvalue weighted by Crippen LogP contribution is -2.48. The molecule has 6 heteroatoms. The molecule has 0 fully saturated rings. The van der Waals surface area contributed by atoms with Crippen LogP contribution >= 0.6 is 11.8 Å². The Morgan fingerprint density at radius 3 is 2.36 bits per heavy atom. The van der Waals surface area contributed by atoms with Crippen molar-refractivity contribution in [2.24, 2.45) is 0 Å². The molecule has 2 amide bonds. The fourth-order valence-electron chi connectivity index (χ4n) is 2.84. The van der Waals surface area contributed by atoms with Gasteiger partial charge < -0.3 is 15.0 Å². The van der Waals surface area contributed by atoms with Crippen LogP contribution in [0.5, 0.6) is 5.75 Å². The first-order chi connectivity index (χ1) is 13.5. The second-order valence-electron chi connectivity index (χ2n) is 6.45. The van der Waals surface area contributed by atoms with Gasteiger partial charge in [0.1, 0.15) is 11.8 Å². The summed E-state index contributed by atoms with van der Waals surface area (Å²) in [5, 5.41) is 2.64. The lowest BCUT2D eigenvalue weighted by molar-refractivity contribution is -0.137. The van der Waals surface area contributed by atoms with Crippen molar-refractivity contribution >= 4 is 23.6 Å². The molecule has 0 aromatic heterocycles. The minimum Gasteiger partial charge on any atom is -0.497 e. The number of ether oxygens (including phenoxy) is 1. The van der Waals surface area contributed by atoms with Crippen LogP contribution in [-0.4, -0.2) is 49.2 Å². The normalized spacial score (nSPS) is 11.5. The molecule has 5 nitrogen and oxygen atoms in total. The molecule has 150 valence electrons. The second-order valence-corrected chi connectivity index (χ2v) is 7.44. The maximum Gasteiger partial charge on any atom is 0.242 e. The molecular weight excluding hydrogens is 372 g/mol. The molecule has 0 saturated heterocycles. The summed E-state index contributed by atoms with van der Waals surface area (Å²) in [6.45, 7) is 2.29. The van der Waals surface area contributed by atoms with Crippen LogP contribution in [0.4, 0.5) is 0 Å². The molecule has 0 bridgehead atoms. The first-order valence-electron chi connectivity index (χ1n) is 9.30. The van der Waals surface area contributed by atoms with Gasteiger partial charge in [-0.25, -0.2) is 0 Å². The summed E-state index contributed by atoms with van der Waals surface area (Å²) >= 11 is 1.55. The molecule has 0 aliphatic heterocycles. The number of nitrogens with zero attached hydrogens (tertiary/aromatic N) is 1. The number of methoxy groups -OCH3 is 1. The lowest BCUT2D eigenvalue weighted by atomic mass is 10.1. The quantitative estimate of drug-likeness (QED) is 0.666. The number of benzene rings is 2. The highest BCUT2D eigenvalue weighted by Gasteiger charge is 2.24. The maximum atomic E-state index is 12.8. The Bertz CT molecular complexity index is 750. The van der Waals surface area contributed by atoms with Gasteiger partial charge in [0.05, 0.1) is 12.9 Å². The third-order valence-corrected chi connectivity index (χ3v) is 5.54. The summed E-state index contributed by atoms with van der Waals surface area (Å²) < 4.78 is 5.16. The van der Waals surface area contributed by atoms with Crippen molar-refractivity contribution in [2.45, 2.75) is 25.1 Å². The van der Waals surface area contributed by atoms with Gasteiger partial charge in [0, 0.05) is 19.3 Å². The molecule has 28 heavy (non-hydrogen) atoms. The zero-order chi connectivity index (χ0) is 20.4. The van der Waals surface area contributed by atoms with E-state index < -0.39 is 6.04 Å². The molecule has 2 aromatic rings. The molecule has 0 radical (unpaired) electrons. The number of carbonyl (C=O) groups is 2. The van der Waals surface area contributed by atoms with E-state index in [1.807, 2.05) is 54.6 Å². The van der Waals surface area contributed by atoms with E-state index in [0.717, 1.165) is 29.1 Å². The Labute approximate surface area is 171 Å². The van der Waals surface area contributed by atoms with Gasteiger partial charge in [0.25, 0.3) is 0 Å². The van der Waals surface area contributed by atoms with Gasteiger partial charge in [-0.15, -0.1) is 11.8 Å². The van der Waals surface area contributed by atoms with Crippen LogP contribution in [0, 0.1) is 0 Å². The molecule has 1 N–H and O–H groups in total. The highest BCUT2D eigenvalue weighted by atomic mass is 32.2. The summed E-state index contributed by atoms with van der Waals surface area (Å²) in [7, 11) is 3.23. The average molecular weight is 401 g/mol. The molecule has 0 unspecified atom stereocenters. The topological polar surface area (TPSA) is 58.6 Å². The first-order valence-corrected chi connectivity index (χ1v) is 10.5. The predicted molar refractivity (Wildman–Crippen MR) is 115 cm³/mol. The van der Waals surface area contributed by atoms with E-state index in [1.165, 1.54) is 0 Å². The van der Waals surface area contributed by atoms with E-state index >= 15 is 0 Å². The van der Waals surface area contributed by atoms with Crippen molar-refractivity contribution < 1.29 is 14.3 Å². The van der Waals surface area contributed by atoms with Gasteiger partial charge in [-0.05, 0) is 36.6 Å². The summed E-state index contributed by atoms with van der Waals surface area (Å²) in [6.07, 6.45) is 0.719. The fraction of sp³-hybridized carbons (Fsp3) is 0.364. The Hall–Kier alpha value is -2.47. The van der Waals surface area contributed by atoms with Crippen LogP contribution in [0.15, 0.2) is 54.6 Å². The molecule has 2 rings (SSSR count). The monoisotopic (exact) mass is 400 g/mol. The van der Waals surface area contributed by atoms with Crippen molar-refractivity contribution in [3.05, 3.63) is 65.7 Å². The van der Waals surface area contributed by atoms with E-state index in [0.29, 0.717) is 12.3 Å². The standard InChI is InChI=1S/C22H28N2O3S/c1-17(22(26)23-2)24(14-13-18-7-5-4-6-8-18)21(25)16-28-15-19-9-11-20(27-3)12-10-19/h4-12,17H,13-16H2,1-3H3,(H,23,26)/t17-/m0/s1. The van der Waals surface area contributed by atoms with E-state index in [-0.39, 0.29) is 11.8 Å². The highest BCUT2D eigenvalue weighted by Crippen LogP contribution is 2.17. The number of hydrogen-bond donors (Lipinski definition) is 1. The Morgan fingerprint density at radius 1 is 1.07 bits per heavy atom. The molecule has 2 aromatic carbocycles. The number of thioether (sulfide) groups is 1. The van der Waals surface area contributed by atoms with E-state index in [2.05, 4.69) is 5.32 Å². The van der Waals surface area contributed by atoms with Crippen LogP contribution in [0.25, 0.3) is 0 Å². The SMILES string of the molecule is CNC(=O)[C@H](C)N(CCc1ccccc1)C(=O)CSCc1ccc(OC)cc1. The number of amides is 2. The van der Waals surface area contributed by atoms with Crippen molar-refractivity contribution in [3.63, 3.8) is 0 Å². The van der Waals surface area contributed by atoms with Crippen LogP contribution in [0.2, 0.25) is 0 Å². The summed E-state index contributed by atoms with van der Waals surface area (Å²) in [6, 6.07) is 17.3. The van der Waals surface area contributed by atoms with E-state index in [9.17, 15) is 9.59 Å². The fourth-order valence-corrected chi connectivity index (χ4v) is 3.71. The van der Waals surface area contributed by atoms with Crippen molar-refractivity contribution in [1.29, 1.82) is 0 Å². The van der Waals surface area contributed by atoms with Gasteiger partial charge in [-0.3, -0.25) is 9.59 Å². The summed E-state index contributed by atoms with van der Waals surface area (Å²) in [4.78, 5) is 26.6. The number of carbonyl (C=O) groups excluding carboxylic acids is 2. The van der Waals surface area contributed by atoms with Gasteiger partial charge in [0.2, 0.25) is 11.8 Å². The number of rotatable bonds is 10. The molecule has 0 saturated carbocycles. The minimum atomic E-state index is -0.497. The Morgan fingerprint density at radius 2 is 1.75 bits per heavy atom. The predicted octanol–water partition coefficient (Wildman–Crippen LogP) is 3.13. The van der Waals surface area contributed by atoms with E-state index in [4.69, 9.17) is 4.74 Å². The van der Waals surface area contributed by atoms with Crippen LogP contribution in [-0.2, 0) is 21.8 Å². The highest BCUT2D eigenvalue weighted by molar-refractivity contribution is 7.99. The Kier molecular flexibility index (Phi) is 8.88. The largest absolute Gasteiger partial charge is 0.497 e. The maximum absolute atomic E-state index is 12.8. The average Bonchev–Trinajstić information content (AvgIpc) is 2.74. The van der Waals surface area contributed by atoms with Crippen molar-refractivity contribution in [1.82, 2.24) is 10.2 Å². The Balaban J connectivity index is 1.93. The smallest absolute Gasteiger partial charge is 0.242 e. The van der Waals surface area contributed by atoms with Crippen molar-refractivity contribution in [3.8, 4) is 5.75 Å². The lowest BCUT2D eigenvalue weighted by Gasteiger charge is -2.28. The second kappa shape index (κ2) is 11.4. The first kappa shape index (κ1) is 21.8. The third kappa shape index (κ3) is 6.60. The molecule has 0 heterocycles. The molecule has 0 aliphatic carbocycles. The van der Waals surface area contributed by atoms with Crippen LogP contribution in [0.1, 0.15) is 18.1 Å². The van der Waals surface area contributed by atoms with Gasteiger partial charge in [-0.1, -0.05) is 42.5 Å². The molecule has 0 spiro atoms. The summed E-state index contributed by atoms with van der Waals surface area (Å²) in [5.41, 5.74) is 2.28. The minimum absolute atomic E-state index is 0.0226.